The van der Waals surface area contributed by atoms with Crippen LogP contribution in [0.25, 0.3) is 0 Å². The Kier molecular flexibility index (Phi) is 5.02. The van der Waals surface area contributed by atoms with Crippen LogP contribution in [-0.4, -0.2) is 17.7 Å². The molecule has 0 saturated carbocycles. The molecule has 0 spiro atoms. The van der Waals surface area contributed by atoms with Gasteiger partial charge in [0, 0.05) is 0 Å². The monoisotopic (exact) mass is 282 g/mol. The Hall–Kier alpha value is -2.17. The lowest BCUT2D eigenvalue weighted by atomic mass is 10.0. The van der Waals surface area contributed by atoms with Crippen LogP contribution in [0.2, 0.25) is 0 Å². The molecule has 0 aliphatic heterocycles. The van der Waals surface area contributed by atoms with Crippen molar-refractivity contribution in [3.63, 3.8) is 0 Å². The van der Waals surface area contributed by atoms with E-state index in [4.69, 9.17) is 9.84 Å². The predicted octanol–water partition coefficient (Wildman–Crippen LogP) is 3.74. The summed E-state index contributed by atoms with van der Waals surface area (Å²) in [5.41, 5.74) is 0.454. The standard InChI is InChI=1S/C15H16F2O3/c1-8(2)5-10-6-11(20-7-9(3)4)12(15(18)19)14(17)13(10)16/h6H,1,3,5,7H2,2,4H3,(H,18,19). The summed E-state index contributed by atoms with van der Waals surface area (Å²) in [7, 11) is 0. The van der Waals surface area contributed by atoms with Crippen LogP contribution in [0.15, 0.2) is 30.4 Å². The molecule has 1 aromatic carbocycles. The molecule has 0 aliphatic rings. The first-order valence-corrected chi connectivity index (χ1v) is 5.89. The number of ether oxygens (including phenoxy) is 1. The Morgan fingerprint density at radius 2 is 1.85 bits per heavy atom. The zero-order chi connectivity index (χ0) is 15.4. The first-order chi connectivity index (χ1) is 9.23. The van der Waals surface area contributed by atoms with Gasteiger partial charge < -0.3 is 9.84 Å². The van der Waals surface area contributed by atoms with E-state index >= 15 is 0 Å². The minimum atomic E-state index is -1.58. The molecule has 0 amide bonds. The van der Waals surface area contributed by atoms with Crippen molar-refractivity contribution in [1.82, 2.24) is 0 Å². The van der Waals surface area contributed by atoms with E-state index in [1.807, 2.05) is 0 Å². The van der Waals surface area contributed by atoms with Gasteiger partial charge in [0.05, 0.1) is 0 Å². The van der Waals surface area contributed by atoms with Gasteiger partial charge in [0.15, 0.2) is 11.6 Å². The number of aromatic carboxylic acids is 1. The zero-order valence-electron chi connectivity index (χ0n) is 11.4. The molecule has 3 nitrogen and oxygen atoms in total. The second-order valence-electron chi connectivity index (χ2n) is 4.72. The average Bonchev–Trinajstić information content (AvgIpc) is 2.31. The number of benzene rings is 1. The van der Waals surface area contributed by atoms with Crippen LogP contribution < -0.4 is 4.74 Å². The molecule has 0 unspecified atom stereocenters. The van der Waals surface area contributed by atoms with Gasteiger partial charge >= 0.3 is 5.97 Å². The molecule has 0 aliphatic carbocycles. The van der Waals surface area contributed by atoms with Crippen molar-refractivity contribution in [2.24, 2.45) is 0 Å². The fraction of sp³-hybridized carbons (Fsp3) is 0.267. The van der Waals surface area contributed by atoms with Gasteiger partial charge in [-0.2, -0.15) is 0 Å². The molecule has 1 N–H and O–H groups in total. The summed E-state index contributed by atoms with van der Waals surface area (Å²) in [4.78, 5) is 11.0. The fourth-order valence-corrected chi connectivity index (χ4v) is 1.62. The van der Waals surface area contributed by atoms with Gasteiger partial charge in [-0.1, -0.05) is 18.7 Å². The summed E-state index contributed by atoms with van der Waals surface area (Å²) in [6.07, 6.45) is 0.103. The van der Waals surface area contributed by atoms with Crippen LogP contribution in [0.4, 0.5) is 8.78 Å². The van der Waals surface area contributed by atoms with Crippen molar-refractivity contribution in [3.8, 4) is 5.75 Å². The van der Waals surface area contributed by atoms with Crippen LogP contribution in [0.1, 0.15) is 29.8 Å². The second-order valence-corrected chi connectivity index (χ2v) is 4.72. The number of hydrogen-bond donors (Lipinski definition) is 1. The van der Waals surface area contributed by atoms with E-state index in [0.717, 1.165) is 0 Å². The molecular weight excluding hydrogens is 266 g/mol. The van der Waals surface area contributed by atoms with Crippen LogP contribution >= 0.6 is 0 Å². The van der Waals surface area contributed by atoms with Crippen molar-refractivity contribution < 1.29 is 23.4 Å². The average molecular weight is 282 g/mol. The Balaban J connectivity index is 3.36. The molecule has 0 aromatic heterocycles. The Morgan fingerprint density at radius 3 is 2.30 bits per heavy atom. The van der Waals surface area contributed by atoms with Crippen LogP contribution in [0.3, 0.4) is 0 Å². The minimum absolute atomic E-state index is 0.0108. The largest absolute Gasteiger partial charge is 0.488 e. The van der Waals surface area contributed by atoms with Crippen molar-refractivity contribution in [2.75, 3.05) is 6.61 Å². The maximum absolute atomic E-state index is 13.9. The summed E-state index contributed by atoms with van der Waals surface area (Å²) >= 11 is 0. The van der Waals surface area contributed by atoms with E-state index in [2.05, 4.69) is 13.2 Å². The van der Waals surface area contributed by atoms with Crippen LogP contribution in [0, 0.1) is 11.6 Å². The first kappa shape index (κ1) is 15.9. The quantitative estimate of drug-likeness (QED) is 0.808. The number of allylic oxidation sites excluding steroid dienone is 1. The molecule has 20 heavy (non-hydrogen) atoms. The van der Waals surface area contributed by atoms with Gasteiger partial charge in [-0.25, -0.2) is 13.6 Å². The topological polar surface area (TPSA) is 46.5 Å². The molecule has 0 bridgehead atoms. The maximum atomic E-state index is 13.9. The maximum Gasteiger partial charge on any atom is 0.342 e. The number of carbonyl (C=O) groups is 1. The van der Waals surface area contributed by atoms with Gasteiger partial charge in [-0.05, 0) is 37.5 Å². The summed E-state index contributed by atoms with van der Waals surface area (Å²) in [6, 6.07) is 1.19. The van der Waals surface area contributed by atoms with E-state index < -0.39 is 23.2 Å². The highest BCUT2D eigenvalue weighted by molar-refractivity contribution is 5.91. The Morgan fingerprint density at radius 1 is 1.25 bits per heavy atom. The lowest BCUT2D eigenvalue weighted by molar-refractivity contribution is 0.0686. The Labute approximate surface area is 116 Å². The molecule has 0 radical (unpaired) electrons. The third kappa shape index (κ3) is 3.66. The summed E-state index contributed by atoms with van der Waals surface area (Å²) in [5.74, 6) is -4.41. The molecular formula is C15H16F2O3. The lowest BCUT2D eigenvalue weighted by Gasteiger charge is -2.13. The third-order valence-electron chi connectivity index (χ3n) is 2.43. The summed E-state index contributed by atoms with van der Waals surface area (Å²) in [5, 5.41) is 8.98. The molecule has 5 heteroatoms. The number of carboxylic acid groups (broad SMARTS) is 1. The van der Waals surface area contributed by atoms with Gasteiger partial charge in [0.2, 0.25) is 0 Å². The summed E-state index contributed by atoms with van der Waals surface area (Å²) < 4.78 is 32.9. The van der Waals surface area contributed by atoms with Crippen molar-refractivity contribution >= 4 is 5.97 Å². The van der Waals surface area contributed by atoms with Gasteiger partial charge in [-0.15, -0.1) is 0 Å². The molecule has 1 rings (SSSR count). The molecule has 0 saturated heterocycles. The van der Waals surface area contributed by atoms with E-state index in [0.29, 0.717) is 11.1 Å². The lowest BCUT2D eigenvalue weighted by Crippen LogP contribution is -2.11. The number of rotatable bonds is 6. The number of halogens is 2. The van der Waals surface area contributed by atoms with Crippen LogP contribution in [-0.2, 0) is 6.42 Å². The molecule has 0 atom stereocenters. The van der Waals surface area contributed by atoms with Gasteiger partial charge in [0.1, 0.15) is 17.9 Å². The third-order valence-corrected chi connectivity index (χ3v) is 2.43. The molecule has 0 fully saturated rings. The first-order valence-electron chi connectivity index (χ1n) is 5.89. The molecule has 0 heterocycles. The fourth-order valence-electron chi connectivity index (χ4n) is 1.62. The highest BCUT2D eigenvalue weighted by atomic mass is 19.2. The highest BCUT2D eigenvalue weighted by Gasteiger charge is 2.24. The predicted molar refractivity (Wildman–Crippen MR) is 72.1 cm³/mol. The van der Waals surface area contributed by atoms with E-state index in [1.165, 1.54) is 6.07 Å². The van der Waals surface area contributed by atoms with Crippen molar-refractivity contribution in [1.29, 1.82) is 0 Å². The molecule has 1 aromatic rings. The zero-order valence-corrected chi connectivity index (χ0v) is 11.4. The number of hydrogen-bond acceptors (Lipinski definition) is 2. The Bertz CT molecular complexity index is 577. The van der Waals surface area contributed by atoms with Gasteiger partial charge in [0.25, 0.3) is 0 Å². The van der Waals surface area contributed by atoms with Crippen molar-refractivity contribution in [2.45, 2.75) is 20.3 Å². The normalized spacial score (nSPS) is 10.2. The smallest absolute Gasteiger partial charge is 0.342 e. The minimum Gasteiger partial charge on any atom is -0.488 e. The van der Waals surface area contributed by atoms with Crippen LogP contribution in [0.5, 0.6) is 5.75 Å². The molecule has 108 valence electrons. The van der Waals surface area contributed by atoms with E-state index in [9.17, 15) is 13.6 Å². The van der Waals surface area contributed by atoms with Gasteiger partial charge in [-0.3, -0.25) is 0 Å². The summed E-state index contributed by atoms with van der Waals surface area (Å²) in [6.45, 7) is 10.6. The second kappa shape index (κ2) is 6.32. The van der Waals surface area contributed by atoms with Crippen molar-refractivity contribution in [3.05, 3.63) is 53.1 Å². The highest BCUT2D eigenvalue weighted by Crippen LogP contribution is 2.28. The van der Waals surface area contributed by atoms with E-state index in [-0.39, 0.29) is 24.3 Å². The number of carboxylic acids is 1. The van der Waals surface area contributed by atoms with E-state index in [1.54, 1.807) is 13.8 Å². The SMILES string of the molecule is C=C(C)COc1cc(CC(=C)C)c(F)c(F)c1C(=O)O.